The molecule has 2 heterocycles. The normalized spacial score (nSPS) is 17.7. The van der Waals surface area contributed by atoms with Crippen LogP contribution >= 0.6 is 0 Å². The fourth-order valence-electron chi connectivity index (χ4n) is 2.39. The minimum Gasteiger partial charge on any atom is -0.381 e. The molecule has 116 valence electrons. The van der Waals surface area contributed by atoms with Crippen molar-refractivity contribution in [3.05, 3.63) is 16.3 Å². The molecule has 0 aromatic carbocycles. The Bertz CT molecular complexity index is 516. The van der Waals surface area contributed by atoms with Crippen LogP contribution in [0.25, 0.3) is 0 Å². The number of nitrogen functional groups attached to an aromatic ring is 1. The first kappa shape index (κ1) is 15.4. The highest BCUT2D eigenvalue weighted by atomic mass is 16.6. The Hall–Kier alpha value is -2.00. The SMILES string of the molecule is CN(C)C1(CNc2ncc([N+](=O)[O-])c(N)n2)CCOCC1. The van der Waals surface area contributed by atoms with E-state index in [4.69, 9.17) is 10.5 Å². The van der Waals surface area contributed by atoms with Crippen molar-refractivity contribution < 1.29 is 9.66 Å². The van der Waals surface area contributed by atoms with E-state index in [-0.39, 0.29) is 17.0 Å². The fourth-order valence-corrected chi connectivity index (χ4v) is 2.39. The smallest absolute Gasteiger partial charge is 0.329 e. The van der Waals surface area contributed by atoms with Gasteiger partial charge >= 0.3 is 5.69 Å². The summed E-state index contributed by atoms with van der Waals surface area (Å²) in [6.45, 7) is 2.05. The van der Waals surface area contributed by atoms with Gasteiger partial charge in [-0.15, -0.1) is 0 Å². The number of anilines is 2. The first-order valence-electron chi connectivity index (χ1n) is 6.70. The van der Waals surface area contributed by atoms with Crippen LogP contribution in [-0.4, -0.2) is 59.2 Å². The minimum absolute atomic E-state index is 0.0435. The summed E-state index contributed by atoms with van der Waals surface area (Å²) in [6.07, 6.45) is 2.92. The predicted molar refractivity (Wildman–Crippen MR) is 78.1 cm³/mol. The van der Waals surface area contributed by atoms with Gasteiger partial charge in [-0.25, -0.2) is 4.98 Å². The summed E-state index contributed by atoms with van der Waals surface area (Å²) in [5, 5.41) is 13.8. The average Bonchev–Trinajstić information content (AvgIpc) is 2.45. The largest absolute Gasteiger partial charge is 0.381 e. The van der Waals surface area contributed by atoms with E-state index >= 15 is 0 Å². The van der Waals surface area contributed by atoms with Crippen molar-refractivity contribution in [2.45, 2.75) is 18.4 Å². The molecule has 0 unspecified atom stereocenters. The Morgan fingerprint density at radius 3 is 2.71 bits per heavy atom. The van der Waals surface area contributed by atoms with Gasteiger partial charge in [-0.2, -0.15) is 4.98 Å². The maximum absolute atomic E-state index is 10.7. The molecule has 21 heavy (non-hydrogen) atoms. The van der Waals surface area contributed by atoms with Crippen molar-refractivity contribution in [3.8, 4) is 0 Å². The Kier molecular flexibility index (Phi) is 4.53. The summed E-state index contributed by atoms with van der Waals surface area (Å²) in [6, 6.07) is 0. The van der Waals surface area contributed by atoms with Crippen molar-refractivity contribution in [1.29, 1.82) is 0 Å². The average molecular weight is 296 g/mol. The van der Waals surface area contributed by atoms with Crippen LogP contribution in [0.3, 0.4) is 0 Å². The molecule has 9 nitrogen and oxygen atoms in total. The standard InChI is InChI=1S/C12H20N6O3/c1-17(2)12(3-5-21-6-4-12)8-15-11-14-7-9(18(19)20)10(13)16-11/h7H,3-6,8H2,1-2H3,(H3,13,14,15,16). The lowest BCUT2D eigenvalue weighted by Crippen LogP contribution is -2.53. The third-order valence-electron chi connectivity index (χ3n) is 3.94. The van der Waals surface area contributed by atoms with E-state index in [1.165, 1.54) is 0 Å². The second-order valence-corrected chi connectivity index (χ2v) is 5.31. The molecule has 0 bridgehead atoms. The third-order valence-corrected chi connectivity index (χ3v) is 3.94. The van der Waals surface area contributed by atoms with Crippen molar-refractivity contribution in [3.63, 3.8) is 0 Å². The minimum atomic E-state index is -0.598. The molecule has 1 aromatic heterocycles. The van der Waals surface area contributed by atoms with Crippen LogP contribution in [-0.2, 0) is 4.74 Å². The van der Waals surface area contributed by atoms with E-state index in [1.54, 1.807) is 0 Å². The Morgan fingerprint density at radius 1 is 1.52 bits per heavy atom. The number of nitro groups is 1. The fraction of sp³-hybridized carbons (Fsp3) is 0.667. The summed E-state index contributed by atoms with van der Waals surface area (Å²) in [4.78, 5) is 20.1. The van der Waals surface area contributed by atoms with Crippen molar-refractivity contribution in [1.82, 2.24) is 14.9 Å². The Labute approximate surface area is 122 Å². The van der Waals surface area contributed by atoms with Gasteiger partial charge in [-0.1, -0.05) is 0 Å². The summed E-state index contributed by atoms with van der Waals surface area (Å²) < 4.78 is 5.41. The maximum Gasteiger partial charge on any atom is 0.329 e. The molecule has 1 saturated heterocycles. The van der Waals surface area contributed by atoms with Crippen molar-refractivity contribution in [2.75, 3.05) is 44.9 Å². The number of nitrogens with zero attached hydrogens (tertiary/aromatic N) is 4. The number of nitrogens with two attached hydrogens (primary N) is 1. The van der Waals surface area contributed by atoms with Crippen LogP contribution in [0.5, 0.6) is 0 Å². The third kappa shape index (κ3) is 3.37. The number of hydrogen-bond acceptors (Lipinski definition) is 8. The number of rotatable bonds is 5. The van der Waals surface area contributed by atoms with Gasteiger partial charge in [0.2, 0.25) is 11.8 Å². The highest BCUT2D eigenvalue weighted by Gasteiger charge is 2.34. The molecule has 2 rings (SSSR count). The molecule has 1 aliphatic heterocycles. The van der Waals surface area contributed by atoms with Crippen LogP contribution in [0.4, 0.5) is 17.5 Å². The second kappa shape index (κ2) is 6.19. The van der Waals surface area contributed by atoms with Crippen molar-refractivity contribution >= 4 is 17.5 Å². The molecular weight excluding hydrogens is 276 g/mol. The van der Waals surface area contributed by atoms with Gasteiger partial charge in [0.25, 0.3) is 0 Å². The van der Waals surface area contributed by atoms with Crippen LogP contribution in [0.2, 0.25) is 0 Å². The predicted octanol–water partition coefficient (Wildman–Crippen LogP) is 0.490. The number of nitrogens with one attached hydrogen (secondary N) is 1. The monoisotopic (exact) mass is 296 g/mol. The molecule has 1 aromatic rings. The summed E-state index contributed by atoms with van der Waals surface area (Å²) >= 11 is 0. The number of ether oxygens (including phenoxy) is 1. The molecule has 0 radical (unpaired) electrons. The van der Waals surface area contributed by atoms with E-state index in [0.29, 0.717) is 25.7 Å². The molecule has 1 fully saturated rings. The van der Waals surface area contributed by atoms with Gasteiger partial charge in [0.15, 0.2) is 0 Å². The molecule has 0 amide bonds. The Balaban J connectivity index is 2.07. The van der Waals surface area contributed by atoms with Crippen LogP contribution in [0.1, 0.15) is 12.8 Å². The van der Waals surface area contributed by atoms with Crippen molar-refractivity contribution in [2.24, 2.45) is 0 Å². The number of hydrogen-bond donors (Lipinski definition) is 2. The first-order valence-corrected chi connectivity index (χ1v) is 6.70. The number of likely N-dealkylation sites (N-methyl/N-ethyl adjacent to an activating group) is 1. The number of aromatic nitrogens is 2. The highest BCUT2D eigenvalue weighted by Crippen LogP contribution is 2.26. The molecular formula is C12H20N6O3. The first-order chi connectivity index (χ1) is 9.94. The zero-order chi connectivity index (χ0) is 15.5. The van der Waals surface area contributed by atoms with E-state index in [1.807, 2.05) is 14.1 Å². The van der Waals surface area contributed by atoms with Crippen LogP contribution in [0, 0.1) is 10.1 Å². The van der Waals surface area contributed by atoms with Gasteiger partial charge in [0.1, 0.15) is 6.20 Å². The van der Waals surface area contributed by atoms with Crippen LogP contribution < -0.4 is 11.1 Å². The lowest BCUT2D eigenvalue weighted by atomic mass is 9.88. The van der Waals surface area contributed by atoms with Gasteiger partial charge < -0.3 is 20.7 Å². The zero-order valence-corrected chi connectivity index (χ0v) is 12.2. The van der Waals surface area contributed by atoms with Gasteiger partial charge in [-0.05, 0) is 26.9 Å². The van der Waals surface area contributed by atoms with Gasteiger partial charge in [0.05, 0.1) is 4.92 Å². The summed E-state index contributed by atoms with van der Waals surface area (Å²) in [5.41, 5.74) is 5.23. The zero-order valence-electron chi connectivity index (χ0n) is 12.2. The molecule has 3 N–H and O–H groups in total. The van der Waals surface area contributed by atoms with E-state index < -0.39 is 4.92 Å². The molecule has 0 atom stereocenters. The Morgan fingerprint density at radius 2 is 2.19 bits per heavy atom. The van der Waals surface area contributed by atoms with Gasteiger partial charge in [0, 0.05) is 25.3 Å². The molecule has 0 spiro atoms. The van der Waals surface area contributed by atoms with E-state index in [0.717, 1.165) is 19.0 Å². The van der Waals surface area contributed by atoms with E-state index in [2.05, 4.69) is 20.2 Å². The maximum atomic E-state index is 10.7. The van der Waals surface area contributed by atoms with Crippen LogP contribution in [0.15, 0.2) is 6.20 Å². The lowest BCUT2D eigenvalue weighted by molar-refractivity contribution is -0.384. The molecule has 9 heteroatoms. The molecule has 0 aliphatic carbocycles. The molecule has 0 saturated carbocycles. The van der Waals surface area contributed by atoms with Gasteiger partial charge in [-0.3, -0.25) is 10.1 Å². The second-order valence-electron chi connectivity index (χ2n) is 5.31. The highest BCUT2D eigenvalue weighted by molar-refractivity contribution is 5.53. The molecule has 1 aliphatic rings. The topological polar surface area (TPSA) is 119 Å². The lowest BCUT2D eigenvalue weighted by Gasteiger charge is -2.42. The summed E-state index contributed by atoms with van der Waals surface area (Å²) in [5.74, 6) is 0.161. The summed E-state index contributed by atoms with van der Waals surface area (Å²) in [7, 11) is 4.05. The quantitative estimate of drug-likeness (QED) is 0.595. The van der Waals surface area contributed by atoms with E-state index in [9.17, 15) is 10.1 Å².